The van der Waals surface area contributed by atoms with Gasteiger partial charge in [-0.1, -0.05) is 34.8 Å². The fourth-order valence-corrected chi connectivity index (χ4v) is 3.32. The Hall–Kier alpha value is -1.21. The molecular formula is C12H8Cl3FN2O2S. The standard InChI is InChI=1S/C12H8Cl3FN2O2S/c13-6-3-10(17)12(16)11(4-6)21(19,20)18-7-1-2-8(14)9(15)5-7/h1-5,18H,17H2. The molecule has 0 radical (unpaired) electrons. The highest BCUT2D eigenvalue weighted by Crippen LogP contribution is 2.29. The molecule has 0 unspecified atom stereocenters. The zero-order valence-electron chi connectivity index (χ0n) is 10.2. The van der Waals surface area contributed by atoms with Crippen LogP contribution in [0.1, 0.15) is 0 Å². The van der Waals surface area contributed by atoms with Gasteiger partial charge >= 0.3 is 0 Å². The number of anilines is 2. The Kier molecular flexibility index (Phi) is 4.53. The molecule has 0 aliphatic heterocycles. The van der Waals surface area contributed by atoms with Crippen LogP contribution in [0.4, 0.5) is 15.8 Å². The van der Waals surface area contributed by atoms with Gasteiger partial charge in [0, 0.05) is 5.02 Å². The minimum Gasteiger partial charge on any atom is -0.396 e. The summed E-state index contributed by atoms with van der Waals surface area (Å²) in [6.07, 6.45) is 0. The SMILES string of the molecule is Nc1cc(Cl)cc(S(=O)(=O)Nc2ccc(Cl)c(Cl)c2)c1F. The summed E-state index contributed by atoms with van der Waals surface area (Å²) in [5.74, 6) is -1.08. The molecule has 9 heteroatoms. The molecule has 0 atom stereocenters. The van der Waals surface area contributed by atoms with E-state index >= 15 is 0 Å². The van der Waals surface area contributed by atoms with Crippen molar-refractivity contribution in [3.8, 4) is 0 Å². The predicted molar refractivity (Wildman–Crippen MR) is 83.1 cm³/mol. The summed E-state index contributed by atoms with van der Waals surface area (Å²) in [5, 5.41) is 0.421. The van der Waals surface area contributed by atoms with Crippen molar-refractivity contribution in [3.05, 3.63) is 51.2 Å². The van der Waals surface area contributed by atoms with Gasteiger partial charge in [-0.3, -0.25) is 4.72 Å². The van der Waals surface area contributed by atoms with Crippen molar-refractivity contribution in [2.45, 2.75) is 4.90 Å². The van der Waals surface area contributed by atoms with Crippen molar-refractivity contribution in [1.82, 2.24) is 0 Å². The van der Waals surface area contributed by atoms with Crippen LogP contribution in [-0.2, 0) is 10.0 Å². The van der Waals surface area contributed by atoms with Gasteiger partial charge in [0.05, 0.1) is 21.4 Å². The van der Waals surface area contributed by atoms with Crippen LogP contribution in [0.2, 0.25) is 15.1 Å². The molecule has 0 heterocycles. The molecule has 2 aromatic carbocycles. The molecule has 0 saturated heterocycles. The maximum Gasteiger partial charge on any atom is 0.264 e. The van der Waals surface area contributed by atoms with Gasteiger partial charge in [-0.2, -0.15) is 0 Å². The Bertz CT molecular complexity index is 812. The van der Waals surface area contributed by atoms with E-state index in [-0.39, 0.29) is 26.4 Å². The molecule has 0 aliphatic carbocycles. The summed E-state index contributed by atoms with van der Waals surface area (Å²) >= 11 is 17.2. The highest BCUT2D eigenvalue weighted by Gasteiger charge is 2.22. The van der Waals surface area contributed by atoms with Crippen molar-refractivity contribution in [1.29, 1.82) is 0 Å². The van der Waals surface area contributed by atoms with E-state index in [9.17, 15) is 12.8 Å². The van der Waals surface area contributed by atoms with Gasteiger partial charge in [0.1, 0.15) is 4.90 Å². The summed E-state index contributed by atoms with van der Waals surface area (Å²) in [7, 11) is -4.21. The quantitative estimate of drug-likeness (QED) is 0.798. The van der Waals surface area contributed by atoms with Crippen molar-refractivity contribution in [2.75, 3.05) is 10.5 Å². The molecule has 2 aromatic rings. The lowest BCUT2D eigenvalue weighted by molar-refractivity contribution is 0.573. The summed E-state index contributed by atoms with van der Waals surface area (Å²) in [5.41, 5.74) is 5.13. The van der Waals surface area contributed by atoms with E-state index in [1.165, 1.54) is 18.2 Å². The summed E-state index contributed by atoms with van der Waals surface area (Å²) < 4.78 is 40.4. The van der Waals surface area contributed by atoms with Crippen molar-refractivity contribution < 1.29 is 12.8 Å². The van der Waals surface area contributed by atoms with Crippen LogP contribution in [-0.4, -0.2) is 8.42 Å². The number of hydrogen-bond acceptors (Lipinski definition) is 3. The van der Waals surface area contributed by atoms with Crippen molar-refractivity contribution in [3.63, 3.8) is 0 Å². The first-order valence-corrected chi connectivity index (χ1v) is 8.05. The minimum absolute atomic E-state index is 0.00316. The number of rotatable bonds is 3. The zero-order chi connectivity index (χ0) is 15.8. The number of benzene rings is 2. The Balaban J connectivity index is 2.45. The maximum atomic E-state index is 13.9. The van der Waals surface area contributed by atoms with Gasteiger partial charge < -0.3 is 5.73 Å². The lowest BCUT2D eigenvalue weighted by Gasteiger charge is -2.11. The molecule has 3 N–H and O–H groups in total. The van der Waals surface area contributed by atoms with Crippen LogP contribution in [0, 0.1) is 5.82 Å². The Morgan fingerprint density at radius 1 is 1.05 bits per heavy atom. The Morgan fingerprint density at radius 3 is 2.33 bits per heavy atom. The van der Waals surface area contributed by atoms with Gasteiger partial charge in [-0.05, 0) is 30.3 Å². The first-order chi connectivity index (χ1) is 9.70. The van der Waals surface area contributed by atoms with E-state index < -0.39 is 20.7 Å². The average Bonchev–Trinajstić information content (AvgIpc) is 2.37. The van der Waals surface area contributed by atoms with E-state index in [1.54, 1.807) is 0 Å². The molecule has 4 nitrogen and oxygen atoms in total. The van der Waals surface area contributed by atoms with Crippen LogP contribution >= 0.6 is 34.8 Å². The van der Waals surface area contributed by atoms with Gasteiger partial charge in [0.25, 0.3) is 10.0 Å². The van der Waals surface area contributed by atoms with Crippen LogP contribution in [0.5, 0.6) is 0 Å². The normalized spacial score (nSPS) is 11.4. The molecule has 0 aliphatic rings. The summed E-state index contributed by atoms with van der Waals surface area (Å²) in [6, 6.07) is 6.18. The number of nitrogens with one attached hydrogen (secondary N) is 1. The second kappa shape index (κ2) is 5.88. The molecule has 0 spiro atoms. The minimum atomic E-state index is -4.21. The van der Waals surface area contributed by atoms with Gasteiger partial charge in [-0.25, -0.2) is 12.8 Å². The monoisotopic (exact) mass is 368 g/mol. The second-order valence-corrected chi connectivity index (χ2v) is 6.94. The van der Waals surface area contributed by atoms with Crippen molar-refractivity contribution in [2.24, 2.45) is 0 Å². The van der Waals surface area contributed by atoms with E-state index in [2.05, 4.69) is 4.72 Å². The third-order valence-corrected chi connectivity index (χ3v) is 4.83. The van der Waals surface area contributed by atoms with Crippen LogP contribution in [0.15, 0.2) is 35.2 Å². The first-order valence-electron chi connectivity index (χ1n) is 5.43. The second-order valence-electron chi connectivity index (χ2n) is 4.04. The summed E-state index contributed by atoms with van der Waals surface area (Å²) in [6.45, 7) is 0. The highest BCUT2D eigenvalue weighted by molar-refractivity contribution is 7.92. The molecule has 0 amide bonds. The predicted octanol–water partition coefficient (Wildman–Crippen LogP) is 4.17. The first kappa shape index (κ1) is 16.2. The topological polar surface area (TPSA) is 72.2 Å². The lowest BCUT2D eigenvalue weighted by Crippen LogP contribution is -2.15. The molecular weight excluding hydrogens is 362 g/mol. The third-order valence-electron chi connectivity index (χ3n) is 2.49. The number of halogens is 4. The highest BCUT2D eigenvalue weighted by atomic mass is 35.5. The lowest BCUT2D eigenvalue weighted by atomic mass is 10.3. The third kappa shape index (κ3) is 3.52. The molecule has 0 aromatic heterocycles. The van der Waals surface area contributed by atoms with E-state index in [4.69, 9.17) is 40.5 Å². The van der Waals surface area contributed by atoms with E-state index in [1.807, 2.05) is 0 Å². The summed E-state index contributed by atoms with van der Waals surface area (Å²) in [4.78, 5) is -0.654. The smallest absolute Gasteiger partial charge is 0.264 e. The molecule has 2 rings (SSSR count). The van der Waals surface area contributed by atoms with Crippen molar-refractivity contribution >= 4 is 56.2 Å². The largest absolute Gasteiger partial charge is 0.396 e. The Morgan fingerprint density at radius 2 is 1.71 bits per heavy atom. The maximum absolute atomic E-state index is 13.9. The van der Waals surface area contributed by atoms with Crippen LogP contribution < -0.4 is 10.5 Å². The number of nitrogen functional groups attached to an aromatic ring is 1. The molecule has 0 fully saturated rings. The van der Waals surface area contributed by atoms with Crippen LogP contribution in [0.25, 0.3) is 0 Å². The molecule has 0 saturated carbocycles. The molecule has 21 heavy (non-hydrogen) atoms. The zero-order valence-corrected chi connectivity index (χ0v) is 13.3. The van der Waals surface area contributed by atoms with E-state index in [0.717, 1.165) is 12.1 Å². The molecule has 112 valence electrons. The van der Waals surface area contributed by atoms with E-state index in [0.29, 0.717) is 0 Å². The average molecular weight is 370 g/mol. The number of nitrogens with two attached hydrogens (primary N) is 1. The van der Waals surface area contributed by atoms with Gasteiger partial charge in [0.2, 0.25) is 0 Å². The Labute approximate surface area is 135 Å². The van der Waals surface area contributed by atoms with Gasteiger partial charge in [0.15, 0.2) is 5.82 Å². The number of hydrogen-bond donors (Lipinski definition) is 2. The van der Waals surface area contributed by atoms with Crippen LogP contribution in [0.3, 0.4) is 0 Å². The fourth-order valence-electron chi connectivity index (χ4n) is 1.55. The fraction of sp³-hybridized carbons (Fsp3) is 0. The van der Waals surface area contributed by atoms with Gasteiger partial charge in [-0.15, -0.1) is 0 Å². The molecule has 0 bridgehead atoms. The number of sulfonamides is 1.